The largest absolute Gasteiger partial charge is 0.294 e. The summed E-state index contributed by atoms with van der Waals surface area (Å²) in [7, 11) is -3.20. The summed E-state index contributed by atoms with van der Waals surface area (Å²) in [4.78, 5) is 11.6. The van der Waals surface area contributed by atoms with Crippen molar-refractivity contribution >= 4 is 15.6 Å². The number of halogens is 3. The number of ketones is 1. The lowest BCUT2D eigenvalue weighted by Gasteiger charge is -2.04. The van der Waals surface area contributed by atoms with E-state index in [0.717, 1.165) is 6.07 Å². The van der Waals surface area contributed by atoms with Crippen molar-refractivity contribution in [3.63, 3.8) is 0 Å². The van der Waals surface area contributed by atoms with Crippen LogP contribution in [0.25, 0.3) is 0 Å². The molecule has 0 radical (unpaired) electrons. The molecular formula is C12H13F3O3S. The third kappa shape index (κ3) is 4.05. The van der Waals surface area contributed by atoms with Gasteiger partial charge in [-0.2, -0.15) is 0 Å². The normalized spacial score (nSPS) is 11.6. The first-order chi connectivity index (χ1) is 8.78. The van der Waals surface area contributed by atoms with Gasteiger partial charge in [-0.1, -0.05) is 6.92 Å². The molecule has 3 nitrogen and oxygen atoms in total. The molecule has 0 aromatic heterocycles. The molecule has 0 spiro atoms. The summed E-state index contributed by atoms with van der Waals surface area (Å²) in [6, 6.07) is 1.51. The lowest BCUT2D eigenvalue weighted by atomic mass is 10.1. The molecule has 19 heavy (non-hydrogen) atoms. The Labute approximate surface area is 109 Å². The Morgan fingerprint density at radius 3 is 2.37 bits per heavy atom. The third-order valence-corrected chi connectivity index (χ3v) is 4.42. The quantitative estimate of drug-likeness (QED) is 0.598. The number of Topliss-reactive ketones (excluding diaryl/α,β-unsaturated/α-hetero) is 1. The third-order valence-electron chi connectivity index (χ3n) is 2.63. The van der Waals surface area contributed by atoms with E-state index in [1.54, 1.807) is 0 Å². The van der Waals surface area contributed by atoms with Gasteiger partial charge in [-0.15, -0.1) is 0 Å². The Hall–Kier alpha value is -1.37. The van der Waals surface area contributed by atoms with Crippen molar-refractivity contribution in [2.45, 2.75) is 19.8 Å². The predicted octanol–water partition coefficient (Wildman–Crippen LogP) is 2.50. The van der Waals surface area contributed by atoms with E-state index < -0.39 is 38.6 Å². The SMILES string of the molecule is CCS(=O)(=O)CCCC(=O)c1ccc(F)c(F)c1F. The maximum atomic E-state index is 13.3. The lowest BCUT2D eigenvalue weighted by Crippen LogP contribution is -2.11. The molecule has 0 aliphatic rings. The Kier molecular flexibility index (Phi) is 5.11. The summed E-state index contributed by atoms with van der Waals surface area (Å²) in [6.07, 6.45) is -0.214. The molecule has 7 heteroatoms. The molecule has 0 N–H and O–H groups in total. The summed E-state index contributed by atoms with van der Waals surface area (Å²) in [5.41, 5.74) is -0.562. The van der Waals surface area contributed by atoms with E-state index in [2.05, 4.69) is 0 Å². The summed E-state index contributed by atoms with van der Waals surface area (Å²) in [5, 5.41) is 0. The summed E-state index contributed by atoms with van der Waals surface area (Å²) >= 11 is 0. The van der Waals surface area contributed by atoms with Gasteiger partial charge in [-0.3, -0.25) is 4.79 Å². The van der Waals surface area contributed by atoms with Crippen molar-refractivity contribution in [2.24, 2.45) is 0 Å². The Bertz CT molecular complexity index is 582. The van der Waals surface area contributed by atoms with Crippen LogP contribution in [-0.4, -0.2) is 25.7 Å². The van der Waals surface area contributed by atoms with Crippen LogP contribution < -0.4 is 0 Å². The number of carbonyl (C=O) groups excluding carboxylic acids is 1. The second kappa shape index (κ2) is 6.18. The van der Waals surface area contributed by atoms with Gasteiger partial charge in [0.15, 0.2) is 23.2 Å². The fourth-order valence-electron chi connectivity index (χ4n) is 1.47. The van der Waals surface area contributed by atoms with Crippen molar-refractivity contribution < 1.29 is 26.4 Å². The van der Waals surface area contributed by atoms with Gasteiger partial charge in [-0.25, -0.2) is 21.6 Å². The maximum absolute atomic E-state index is 13.3. The summed E-state index contributed by atoms with van der Waals surface area (Å²) < 4.78 is 61.3. The van der Waals surface area contributed by atoms with Gasteiger partial charge in [-0.05, 0) is 18.6 Å². The zero-order valence-electron chi connectivity index (χ0n) is 10.3. The number of hydrogen-bond donors (Lipinski definition) is 0. The average molecular weight is 294 g/mol. The molecule has 0 saturated carbocycles. The molecule has 0 atom stereocenters. The van der Waals surface area contributed by atoms with Gasteiger partial charge >= 0.3 is 0 Å². The lowest BCUT2D eigenvalue weighted by molar-refractivity contribution is 0.0977. The van der Waals surface area contributed by atoms with E-state index in [1.165, 1.54) is 6.92 Å². The minimum Gasteiger partial charge on any atom is -0.294 e. The number of rotatable bonds is 6. The molecule has 1 aromatic carbocycles. The van der Waals surface area contributed by atoms with Gasteiger partial charge in [0.05, 0.1) is 11.3 Å². The van der Waals surface area contributed by atoms with Crippen LogP contribution in [0, 0.1) is 17.5 Å². The van der Waals surface area contributed by atoms with E-state index >= 15 is 0 Å². The van der Waals surface area contributed by atoms with Gasteiger partial charge in [0.1, 0.15) is 9.84 Å². The molecule has 0 amide bonds. The standard InChI is InChI=1S/C12H13F3O3S/c1-2-19(17,18)7-3-4-10(16)8-5-6-9(13)12(15)11(8)14/h5-6H,2-4,7H2,1H3. The smallest absolute Gasteiger partial charge is 0.195 e. The highest BCUT2D eigenvalue weighted by Crippen LogP contribution is 2.17. The zero-order chi connectivity index (χ0) is 14.6. The molecule has 0 fully saturated rings. The van der Waals surface area contributed by atoms with Crippen LogP contribution in [0.3, 0.4) is 0 Å². The molecule has 0 aliphatic heterocycles. The number of benzene rings is 1. The van der Waals surface area contributed by atoms with E-state index in [1.807, 2.05) is 0 Å². The van der Waals surface area contributed by atoms with Gasteiger partial charge < -0.3 is 0 Å². The molecule has 0 aliphatic carbocycles. The van der Waals surface area contributed by atoms with Crippen molar-refractivity contribution in [3.05, 3.63) is 35.1 Å². The van der Waals surface area contributed by atoms with Crippen LogP contribution in [0.2, 0.25) is 0 Å². The van der Waals surface area contributed by atoms with Crippen LogP contribution in [0.5, 0.6) is 0 Å². The van der Waals surface area contributed by atoms with Crippen molar-refractivity contribution in [1.29, 1.82) is 0 Å². The molecule has 1 rings (SSSR count). The zero-order valence-corrected chi connectivity index (χ0v) is 11.1. The Morgan fingerprint density at radius 1 is 1.16 bits per heavy atom. The second-order valence-corrected chi connectivity index (χ2v) is 6.46. The first-order valence-corrected chi connectivity index (χ1v) is 7.47. The van der Waals surface area contributed by atoms with E-state index in [-0.39, 0.29) is 24.3 Å². The molecule has 106 valence electrons. The monoisotopic (exact) mass is 294 g/mol. The highest BCUT2D eigenvalue weighted by atomic mass is 32.2. The van der Waals surface area contributed by atoms with Gasteiger partial charge in [0.2, 0.25) is 0 Å². The highest BCUT2D eigenvalue weighted by molar-refractivity contribution is 7.91. The van der Waals surface area contributed by atoms with Crippen LogP contribution >= 0.6 is 0 Å². The van der Waals surface area contributed by atoms with E-state index in [9.17, 15) is 26.4 Å². The average Bonchev–Trinajstić information content (AvgIpc) is 2.35. The van der Waals surface area contributed by atoms with Gasteiger partial charge in [0, 0.05) is 12.2 Å². The molecule has 1 aromatic rings. The molecule has 0 unspecified atom stereocenters. The number of carbonyl (C=O) groups is 1. The van der Waals surface area contributed by atoms with E-state index in [0.29, 0.717) is 6.07 Å². The van der Waals surface area contributed by atoms with Crippen LogP contribution in [0.1, 0.15) is 30.1 Å². The predicted molar refractivity (Wildman–Crippen MR) is 64.2 cm³/mol. The minimum absolute atomic E-state index is 0.0213. The summed E-state index contributed by atoms with van der Waals surface area (Å²) in [5.74, 6) is -5.60. The first kappa shape index (κ1) is 15.7. The van der Waals surface area contributed by atoms with Crippen LogP contribution in [-0.2, 0) is 9.84 Å². The minimum atomic E-state index is -3.20. The Morgan fingerprint density at radius 2 is 1.79 bits per heavy atom. The van der Waals surface area contributed by atoms with Crippen LogP contribution in [0.15, 0.2) is 12.1 Å². The summed E-state index contributed by atoms with van der Waals surface area (Å²) in [6.45, 7) is 1.48. The fourth-order valence-corrected chi connectivity index (χ4v) is 2.35. The fraction of sp³-hybridized carbons (Fsp3) is 0.417. The molecule has 0 saturated heterocycles. The van der Waals surface area contributed by atoms with E-state index in [4.69, 9.17) is 0 Å². The molecule has 0 bridgehead atoms. The Balaban J connectivity index is 2.73. The number of sulfone groups is 1. The molecular weight excluding hydrogens is 281 g/mol. The topological polar surface area (TPSA) is 51.2 Å². The first-order valence-electron chi connectivity index (χ1n) is 5.65. The van der Waals surface area contributed by atoms with Crippen molar-refractivity contribution in [3.8, 4) is 0 Å². The van der Waals surface area contributed by atoms with Crippen molar-refractivity contribution in [2.75, 3.05) is 11.5 Å². The molecule has 0 heterocycles. The van der Waals surface area contributed by atoms with Crippen molar-refractivity contribution in [1.82, 2.24) is 0 Å². The van der Waals surface area contributed by atoms with Gasteiger partial charge in [0.25, 0.3) is 0 Å². The van der Waals surface area contributed by atoms with Crippen LogP contribution in [0.4, 0.5) is 13.2 Å². The number of hydrogen-bond acceptors (Lipinski definition) is 3. The maximum Gasteiger partial charge on any atom is 0.195 e. The highest BCUT2D eigenvalue weighted by Gasteiger charge is 2.19. The second-order valence-electron chi connectivity index (χ2n) is 3.99.